The van der Waals surface area contributed by atoms with Crippen LogP contribution in [0.3, 0.4) is 0 Å². The van der Waals surface area contributed by atoms with Crippen LogP contribution in [0.4, 0.5) is 11.5 Å². The number of ether oxygens (including phenoxy) is 1. The van der Waals surface area contributed by atoms with Crippen molar-refractivity contribution in [1.29, 1.82) is 0 Å². The zero-order valence-corrected chi connectivity index (χ0v) is 20.0. The summed E-state index contributed by atoms with van der Waals surface area (Å²) in [5.41, 5.74) is 2.75. The molecular formula is C26H36N4O3. The number of nitrogens with one attached hydrogen (secondary N) is 2. The Morgan fingerprint density at radius 2 is 1.85 bits per heavy atom. The van der Waals surface area contributed by atoms with Crippen molar-refractivity contribution in [1.82, 2.24) is 10.3 Å². The zero-order chi connectivity index (χ0) is 23.4. The molecule has 2 heterocycles. The normalized spacial score (nSPS) is 23.4. The smallest absolute Gasteiger partial charge is 0.224 e. The summed E-state index contributed by atoms with van der Waals surface area (Å²) in [7, 11) is 0. The Morgan fingerprint density at radius 3 is 2.64 bits per heavy atom. The number of hydrogen-bond donors (Lipinski definition) is 2. The maximum atomic E-state index is 12.5. The highest BCUT2D eigenvalue weighted by atomic mass is 16.5. The van der Waals surface area contributed by atoms with Gasteiger partial charge in [-0.25, -0.2) is 4.98 Å². The van der Waals surface area contributed by atoms with E-state index in [0.717, 1.165) is 67.1 Å². The molecular weight excluding hydrogens is 416 g/mol. The van der Waals surface area contributed by atoms with Crippen molar-refractivity contribution in [3.05, 3.63) is 29.8 Å². The van der Waals surface area contributed by atoms with Gasteiger partial charge in [0.05, 0.1) is 18.7 Å². The summed E-state index contributed by atoms with van der Waals surface area (Å²) >= 11 is 0. The summed E-state index contributed by atoms with van der Waals surface area (Å²) in [4.78, 5) is 31.9. The van der Waals surface area contributed by atoms with Gasteiger partial charge in [-0.15, -0.1) is 0 Å². The standard InChI is InChI=1S/C26H36N4O3/c1-17-5-4-6-22(19(17)3)29-26(32)10-9-25(31)27-20-7-8-23-21(16-20)18(2)15-24(28-23)30-11-13-33-14-12-30/h7-8,15-17,19,22H,4-6,9-14H2,1-3H3,(H,27,31)(H,29,32). The molecule has 1 aliphatic carbocycles. The van der Waals surface area contributed by atoms with Crippen LogP contribution < -0.4 is 15.5 Å². The lowest BCUT2D eigenvalue weighted by atomic mass is 9.78. The van der Waals surface area contributed by atoms with Gasteiger partial charge < -0.3 is 20.3 Å². The lowest BCUT2D eigenvalue weighted by Gasteiger charge is -2.34. The quantitative estimate of drug-likeness (QED) is 0.691. The topological polar surface area (TPSA) is 83.6 Å². The number of pyridine rings is 1. The van der Waals surface area contributed by atoms with Crippen LogP contribution in [0.1, 0.15) is 51.5 Å². The first-order valence-electron chi connectivity index (χ1n) is 12.2. The molecule has 3 atom stereocenters. The second-order valence-electron chi connectivity index (χ2n) is 9.62. The van der Waals surface area contributed by atoms with Crippen molar-refractivity contribution in [2.45, 2.75) is 58.9 Å². The average molecular weight is 453 g/mol. The highest BCUT2D eigenvalue weighted by Crippen LogP contribution is 2.29. The van der Waals surface area contributed by atoms with E-state index in [-0.39, 0.29) is 30.7 Å². The highest BCUT2D eigenvalue weighted by molar-refractivity contribution is 5.96. The Hall–Kier alpha value is -2.67. The van der Waals surface area contributed by atoms with Gasteiger partial charge in [0, 0.05) is 43.0 Å². The molecule has 1 aromatic carbocycles. The summed E-state index contributed by atoms with van der Waals surface area (Å²) in [5, 5.41) is 7.10. The Balaban J connectivity index is 1.33. The predicted octanol–water partition coefficient (Wildman–Crippen LogP) is 4.04. The zero-order valence-electron chi connectivity index (χ0n) is 20.0. The van der Waals surface area contributed by atoms with Gasteiger partial charge in [0.2, 0.25) is 11.8 Å². The van der Waals surface area contributed by atoms with Crippen LogP contribution in [-0.2, 0) is 14.3 Å². The fourth-order valence-electron chi connectivity index (χ4n) is 4.92. The Bertz CT molecular complexity index is 1000. The van der Waals surface area contributed by atoms with Gasteiger partial charge >= 0.3 is 0 Å². The van der Waals surface area contributed by atoms with Crippen LogP contribution in [0.5, 0.6) is 0 Å². The monoisotopic (exact) mass is 452 g/mol. The molecule has 1 aliphatic heterocycles. The van der Waals surface area contributed by atoms with Crippen LogP contribution in [0, 0.1) is 18.8 Å². The fraction of sp³-hybridized carbons (Fsp3) is 0.577. The van der Waals surface area contributed by atoms with Gasteiger partial charge in [0.1, 0.15) is 5.82 Å². The van der Waals surface area contributed by atoms with E-state index in [1.807, 2.05) is 18.2 Å². The Kier molecular flexibility index (Phi) is 7.48. The number of amides is 2. The number of benzene rings is 1. The molecule has 33 heavy (non-hydrogen) atoms. The van der Waals surface area contributed by atoms with Gasteiger partial charge in [-0.1, -0.05) is 26.7 Å². The second-order valence-corrected chi connectivity index (χ2v) is 9.62. The Labute approximate surface area is 196 Å². The van der Waals surface area contributed by atoms with E-state index in [9.17, 15) is 9.59 Å². The number of rotatable bonds is 6. The largest absolute Gasteiger partial charge is 0.378 e. The molecule has 2 N–H and O–H groups in total. The molecule has 3 unspecified atom stereocenters. The lowest BCUT2D eigenvalue weighted by Crippen LogP contribution is -2.43. The first kappa shape index (κ1) is 23.5. The van der Waals surface area contributed by atoms with Crippen LogP contribution in [0.15, 0.2) is 24.3 Å². The van der Waals surface area contributed by atoms with E-state index in [2.05, 4.69) is 42.4 Å². The molecule has 7 nitrogen and oxygen atoms in total. The van der Waals surface area contributed by atoms with Crippen molar-refractivity contribution in [3.8, 4) is 0 Å². The van der Waals surface area contributed by atoms with Gasteiger partial charge in [0.15, 0.2) is 0 Å². The highest BCUT2D eigenvalue weighted by Gasteiger charge is 2.28. The van der Waals surface area contributed by atoms with Crippen molar-refractivity contribution in [2.75, 3.05) is 36.5 Å². The molecule has 178 valence electrons. The number of aryl methyl sites for hydroxylation is 1. The molecule has 1 aromatic heterocycles. The first-order chi connectivity index (χ1) is 15.9. The Morgan fingerprint density at radius 1 is 1.09 bits per heavy atom. The van der Waals surface area contributed by atoms with Crippen molar-refractivity contribution in [2.24, 2.45) is 11.8 Å². The minimum absolute atomic E-state index is 0.0368. The molecule has 0 spiro atoms. The van der Waals surface area contributed by atoms with E-state index in [1.54, 1.807) is 0 Å². The summed E-state index contributed by atoms with van der Waals surface area (Å²) in [6, 6.07) is 8.10. The lowest BCUT2D eigenvalue weighted by molar-refractivity contribution is -0.125. The molecule has 2 aromatic rings. The molecule has 1 saturated carbocycles. The molecule has 2 aliphatic rings. The van der Waals surface area contributed by atoms with Gasteiger partial charge in [-0.3, -0.25) is 9.59 Å². The second kappa shape index (κ2) is 10.5. The number of carbonyl (C=O) groups is 2. The number of fused-ring (bicyclic) bond motifs is 1. The SMILES string of the molecule is Cc1cc(N2CCOCC2)nc2ccc(NC(=O)CCC(=O)NC3CCCC(C)C3C)cc12. The number of nitrogens with zero attached hydrogens (tertiary/aromatic N) is 2. The summed E-state index contributed by atoms with van der Waals surface area (Å²) in [6.45, 7) is 9.66. The van der Waals surface area contributed by atoms with E-state index in [0.29, 0.717) is 11.8 Å². The molecule has 0 radical (unpaired) electrons. The number of carbonyl (C=O) groups excluding carboxylic acids is 2. The summed E-state index contributed by atoms with van der Waals surface area (Å²) in [5.74, 6) is 1.89. The van der Waals surface area contributed by atoms with Crippen LogP contribution >= 0.6 is 0 Å². The maximum absolute atomic E-state index is 12.5. The van der Waals surface area contributed by atoms with Crippen molar-refractivity contribution >= 4 is 34.2 Å². The van der Waals surface area contributed by atoms with Crippen molar-refractivity contribution < 1.29 is 14.3 Å². The minimum Gasteiger partial charge on any atom is -0.378 e. The summed E-state index contributed by atoms with van der Waals surface area (Å²) in [6.07, 6.45) is 3.79. The molecule has 2 amide bonds. The number of anilines is 2. The van der Waals surface area contributed by atoms with Gasteiger partial charge in [0.25, 0.3) is 0 Å². The molecule has 7 heteroatoms. The number of hydrogen-bond acceptors (Lipinski definition) is 5. The van der Waals surface area contributed by atoms with Gasteiger partial charge in [-0.2, -0.15) is 0 Å². The first-order valence-corrected chi connectivity index (χ1v) is 12.2. The third-order valence-corrected chi connectivity index (χ3v) is 7.25. The van der Waals surface area contributed by atoms with Crippen LogP contribution in [0.2, 0.25) is 0 Å². The van der Waals surface area contributed by atoms with E-state index in [1.165, 1.54) is 6.42 Å². The van der Waals surface area contributed by atoms with E-state index >= 15 is 0 Å². The number of morpholine rings is 1. The van der Waals surface area contributed by atoms with E-state index < -0.39 is 0 Å². The third kappa shape index (κ3) is 5.82. The minimum atomic E-state index is -0.148. The van der Waals surface area contributed by atoms with Crippen molar-refractivity contribution in [3.63, 3.8) is 0 Å². The third-order valence-electron chi connectivity index (χ3n) is 7.25. The maximum Gasteiger partial charge on any atom is 0.224 e. The predicted molar refractivity (Wildman–Crippen MR) is 131 cm³/mol. The van der Waals surface area contributed by atoms with E-state index in [4.69, 9.17) is 9.72 Å². The molecule has 4 rings (SSSR count). The molecule has 2 fully saturated rings. The molecule has 1 saturated heterocycles. The average Bonchev–Trinajstić information content (AvgIpc) is 2.81. The number of aromatic nitrogens is 1. The van der Waals surface area contributed by atoms with Crippen LogP contribution in [-0.4, -0.2) is 49.1 Å². The summed E-state index contributed by atoms with van der Waals surface area (Å²) < 4.78 is 5.44. The molecule has 0 bridgehead atoms. The van der Waals surface area contributed by atoms with Crippen LogP contribution in [0.25, 0.3) is 10.9 Å². The van der Waals surface area contributed by atoms with Gasteiger partial charge in [-0.05, 0) is 55.0 Å². The fourth-order valence-corrected chi connectivity index (χ4v) is 4.92.